The van der Waals surface area contributed by atoms with Gasteiger partial charge in [-0.3, -0.25) is 9.59 Å². The van der Waals surface area contributed by atoms with E-state index in [4.69, 9.17) is 4.74 Å². The number of esters is 1. The molecule has 0 rings (SSSR count). The average molecular weight is 1140 g/mol. The van der Waals surface area contributed by atoms with Crippen LogP contribution >= 0.6 is 0 Å². The first-order valence-electron chi connectivity index (χ1n) is 36.7. The highest BCUT2D eigenvalue weighted by Gasteiger charge is 2.20. The van der Waals surface area contributed by atoms with Gasteiger partial charge in [0.25, 0.3) is 0 Å². The molecule has 0 aromatic carbocycles. The molecule has 0 aliphatic rings. The van der Waals surface area contributed by atoms with E-state index in [1.807, 2.05) is 0 Å². The zero-order valence-corrected chi connectivity index (χ0v) is 54.8. The SMILES string of the molecule is CCCCC/C=C\C/C=C\CCCCCCCCCCCC(=O)OCCCCCCCCCCCCCC/C=C\CCCCCCCCCCCC(=O)NC(CO)C(O)CCCCCCCCCCCCCCCCCCCCCC. The van der Waals surface area contributed by atoms with Crippen LogP contribution in [0.3, 0.4) is 0 Å². The van der Waals surface area contributed by atoms with E-state index in [0.29, 0.717) is 25.9 Å². The van der Waals surface area contributed by atoms with Gasteiger partial charge in [0.2, 0.25) is 5.91 Å². The average Bonchev–Trinajstić information content (AvgIpc) is 3.47. The fourth-order valence-electron chi connectivity index (χ4n) is 11.6. The number of unbranched alkanes of at least 4 members (excludes halogenated alkanes) is 52. The van der Waals surface area contributed by atoms with Crippen LogP contribution in [0.2, 0.25) is 0 Å². The largest absolute Gasteiger partial charge is 0.466 e. The third-order valence-electron chi connectivity index (χ3n) is 17.2. The second-order valence-electron chi connectivity index (χ2n) is 25.3. The van der Waals surface area contributed by atoms with Crippen molar-refractivity contribution in [2.24, 2.45) is 0 Å². The summed E-state index contributed by atoms with van der Waals surface area (Å²) in [5.41, 5.74) is 0. The number of hydrogen-bond donors (Lipinski definition) is 3. The van der Waals surface area contributed by atoms with Crippen molar-refractivity contribution >= 4 is 11.9 Å². The molecule has 2 atom stereocenters. The molecule has 6 heteroatoms. The Morgan fingerprint density at radius 1 is 0.346 bits per heavy atom. The van der Waals surface area contributed by atoms with E-state index >= 15 is 0 Å². The molecule has 0 spiro atoms. The number of hydrogen-bond acceptors (Lipinski definition) is 5. The van der Waals surface area contributed by atoms with E-state index < -0.39 is 12.1 Å². The molecular formula is C75H143NO5. The summed E-state index contributed by atoms with van der Waals surface area (Å²) in [4.78, 5) is 24.7. The van der Waals surface area contributed by atoms with Gasteiger partial charge < -0.3 is 20.3 Å². The van der Waals surface area contributed by atoms with Crippen LogP contribution in [0.15, 0.2) is 36.5 Å². The second-order valence-corrected chi connectivity index (χ2v) is 25.3. The van der Waals surface area contributed by atoms with Crippen LogP contribution in [0.1, 0.15) is 406 Å². The van der Waals surface area contributed by atoms with Gasteiger partial charge in [0.1, 0.15) is 0 Å². The van der Waals surface area contributed by atoms with Crippen LogP contribution in [0.5, 0.6) is 0 Å². The summed E-state index contributed by atoms with van der Waals surface area (Å²) in [5.74, 6) is -0.0237. The lowest BCUT2D eigenvalue weighted by Crippen LogP contribution is -2.45. The van der Waals surface area contributed by atoms with Crippen molar-refractivity contribution in [3.8, 4) is 0 Å². The van der Waals surface area contributed by atoms with E-state index in [1.165, 1.54) is 321 Å². The van der Waals surface area contributed by atoms with E-state index in [2.05, 4.69) is 55.6 Å². The predicted octanol–water partition coefficient (Wildman–Crippen LogP) is 23.9. The summed E-state index contributed by atoms with van der Waals surface area (Å²) >= 11 is 0. The molecule has 0 fully saturated rings. The summed E-state index contributed by atoms with van der Waals surface area (Å²) in [5, 5.41) is 23.4. The Labute approximate surface area is 506 Å². The number of amides is 1. The molecule has 3 N–H and O–H groups in total. The van der Waals surface area contributed by atoms with Gasteiger partial charge in [-0.15, -0.1) is 0 Å². The van der Waals surface area contributed by atoms with E-state index in [-0.39, 0.29) is 18.5 Å². The molecule has 0 radical (unpaired) electrons. The molecule has 0 saturated heterocycles. The number of aliphatic hydroxyl groups is 2. The first kappa shape index (κ1) is 79.1. The molecule has 2 unspecified atom stereocenters. The van der Waals surface area contributed by atoms with Crippen molar-refractivity contribution in [3.63, 3.8) is 0 Å². The standard InChI is InChI=1S/C75H143NO5/c1-3-5-7-9-11-13-15-17-19-21-23-32-35-39-43-47-51-55-59-63-67-73(78)72(71-77)76-74(79)68-64-60-56-52-48-44-40-36-33-29-27-25-24-26-28-30-34-38-42-46-50-54-58-62-66-70-81-75(80)69-65-61-57-53-49-45-41-37-31-22-20-18-16-14-12-10-8-6-4-2/h12,14,18,20,25,27,72-73,77-78H,3-11,13,15-17,19,21-24,26,28-71H2,1-2H3,(H,76,79)/b14-12-,20-18-,27-25-. The first-order valence-corrected chi connectivity index (χ1v) is 36.7. The molecule has 0 bridgehead atoms. The van der Waals surface area contributed by atoms with Crippen LogP contribution in [0.4, 0.5) is 0 Å². The minimum absolute atomic E-state index is 0.0104. The third-order valence-corrected chi connectivity index (χ3v) is 17.2. The van der Waals surface area contributed by atoms with Gasteiger partial charge in [-0.25, -0.2) is 0 Å². The third kappa shape index (κ3) is 67.1. The molecule has 0 saturated carbocycles. The smallest absolute Gasteiger partial charge is 0.305 e. The summed E-state index contributed by atoms with van der Waals surface area (Å²) < 4.78 is 5.51. The number of allylic oxidation sites excluding steroid dienone is 6. The molecule has 0 aliphatic carbocycles. The highest BCUT2D eigenvalue weighted by atomic mass is 16.5. The Kier molecular flexibility index (Phi) is 68.9. The second kappa shape index (κ2) is 70.6. The van der Waals surface area contributed by atoms with E-state index in [0.717, 1.165) is 51.4 Å². The minimum Gasteiger partial charge on any atom is -0.466 e. The lowest BCUT2D eigenvalue weighted by atomic mass is 10.0. The fourth-order valence-corrected chi connectivity index (χ4v) is 11.6. The first-order chi connectivity index (χ1) is 40.0. The van der Waals surface area contributed by atoms with Crippen LogP contribution in [-0.2, 0) is 14.3 Å². The van der Waals surface area contributed by atoms with Crippen molar-refractivity contribution in [1.29, 1.82) is 0 Å². The lowest BCUT2D eigenvalue weighted by Gasteiger charge is -2.22. The number of aliphatic hydroxyl groups excluding tert-OH is 2. The van der Waals surface area contributed by atoms with Crippen molar-refractivity contribution in [3.05, 3.63) is 36.5 Å². The number of carbonyl (C=O) groups is 2. The highest BCUT2D eigenvalue weighted by molar-refractivity contribution is 5.76. The Hall–Kier alpha value is -1.92. The number of rotatable bonds is 69. The van der Waals surface area contributed by atoms with Gasteiger partial charge in [0.15, 0.2) is 0 Å². The van der Waals surface area contributed by atoms with Crippen LogP contribution in [0, 0.1) is 0 Å². The zero-order valence-electron chi connectivity index (χ0n) is 54.8. The van der Waals surface area contributed by atoms with Crippen molar-refractivity contribution < 1.29 is 24.5 Å². The van der Waals surface area contributed by atoms with Gasteiger partial charge in [0.05, 0.1) is 25.4 Å². The van der Waals surface area contributed by atoms with Crippen LogP contribution < -0.4 is 5.32 Å². The zero-order chi connectivity index (χ0) is 58.5. The highest BCUT2D eigenvalue weighted by Crippen LogP contribution is 2.19. The Morgan fingerprint density at radius 3 is 0.975 bits per heavy atom. The molecule has 1 amide bonds. The summed E-state index contributed by atoms with van der Waals surface area (Å²) in [6, 6.07) is -0.545. The van der Waals surface area contributed by atoms with Gasteiger partial charge in [-0.05, 0) is 83.5 Å². The summed E-state index contributed by atoms with van der Waals surface area (Å²) in [6.45, 7) is 4.96. The van der Waals surface area contributed by atoms with Crippen LogP contribution in [-0.4, -0.2) is 47.4 Å². The van der Waals surface area contributed by atoms with E-state index in [9.17, 15) is 19.8 Å². The van der Waals surface area contributed by atoms with E-state index in [1.54, 1.807) is 0 Å². The number of carbonyl (C=O) groups excluding carboxylic acids is 2. The van der Waals surface area contributed by atoms with Crippen molar-refractivity contribution in [2.45, 2.75) is 418 Å². The number of nitrogens with one attached hydrogen (secondary N) is 1. The molecular weight excluding hydrogens is 995 g/mol. The fraction of sp³-hybridized carbons (Fsp3) is 0.893. The molecule has 0 aromatic rings. The normalized spacial score (nSPS) is 12.7. The van der Waals surface area contributed by atoms with Gasteiger partial charge >= 0.3 is 5.97 Å². The van der Waals surface area contributed by atoms with Crippen LogP contribution in [0.25, 0.3) is 0 Å². The van der Waals surface area contributed by atoms with Gasteiger partial charge in [-0.2, -0.15) is 0 Å². The maximum Gasteiger partial charge on any atom is 0.305 e. The maximum absolute atomic E-state index is 12.5. The summed E-state index contributed by atoms with van der Waals surface area (Å²) in [7, 11) is 0. The predicted molar refractivity (Wildman–Crippen MR) is 356 cm³/mol. The van der Waals surface area contributed by atoms with Crippen molar-refractivity contribution in [2.75, 3.05) is 13.2 Å². The van der Waals surface area contributed by atoms with Gasteiger partial charge in [-0.1, -0.05) is 346 Å². The van der Waals surface area contributed by atoms with Gasteiger partial charge in [0, 0.05) is 12.8 Å². The molecule has 0 aliphatic heterocycles. The molecule has 6 nitrogen and oxygen atoms in total. The maximum atomic E-state index is 12.5. The summed E-state index contributed by atoms with van der Waals surface area (Å²) in [6.07, 6.45) is 90.5. The number of ether oxygens (including phenoxy) is 1. The minimum atomic E-state index is -0.668. The topological polar surface area (TPSA) is 95.9 Å². The molecule has 0 aromatic heterocycles. The molecule has 478 valence electrons. The Bertz CT molecular complexity index is 1310. The van der Waals surface area contributed by atoms with Crippen molar-refractivity contribution in [1.82, 2.24) is 5.32 Å². The quantitative estimate of drug-likeness (QED) is 0.0320. The molecule has 0 heterocycles. The Morgan fingerprint density at radius 2 is 0.617 bits per heavy atom. The monoisotopic (exact) mass is 1140 g/mol. The molecule has 81 heavy (non-hydrogen) atoms. The lowest BCUT2D eigenvalue weighted by molar-refractivity contribution is -0.143. The Balaban J connectivity index is 3.39.